The van der Waals surface area contributed by atoms with Crippen LogP contribution in [0.15, 0.2) is 48.6 Å². The molecule has 0 unspecified atom stereocenters. The van der Waals surface area contributed by atoms with Crippen molar-refractivity contribution in [1.29, 1.82) is 0 Å². The third-order valence-corrected chi connectivity index (χ3v) is 3.65. The van der Waals surface area contributed by atoms with Gasteiger partial charge in [-0.25, -0.2) is 0 Å². The van der Waals surface area contributed by atoms with Crippen LogP contribution >= 0.6 is 0 Å². The van der Waals surface area contributed by atoms with Gasteiger partial charge in [0.05, 0.1) is 0 Å². The van der Waals surface area contributed by atoms with E-state index in [0.29, 0.717) is 6.42 Å². The number of carbonyl (C=O) groups excluding carboxylic acids is 1. The predicted molar refractivity (Wildman–Crippen MR) is 104 cm³/mol. The number of aldehydes is 1. The van der Waals surface area contributed by atoms with Crippen LogP contribution in [-0.4, -0.2) is 6.29 Å². The number of allylic oxidation sites excluding steroid dienone is 8. The van der Waals surface area contributed by atoms with Gasteiger partial charge in [0, 0.05) is 6.42 Å². The molecule has 0 atom stereocenters. The molecule has 23 heavy (non-hydrogen) atoms. The van der Waals surface area contributed by atoms with Crippen LogP contribution in [0.25, 0.3) is 0 Å². The zero-order valence-electron chi connectivity index (χ0n) is 15.1. The second-order valence-corrected chi connectivity index (χ2v) is 5.89. The Bertz CT molecular complexity index is 347. The first-order valence-corrected chi connectivity index (χ1v) is 9.45. The molecule has 0 aliphatic carbocycles. The number of rotatable bonds is 16. The van der Waals surface area contributed by atoms with Crippen LogP contribution in [0.5, 0.6) is 0 Å². The standard InChI is InChI=1S/C22H36O/c1-2-3-4-5-6-7-8-9-10-11-12-13-14-15-16-17-18-19-20-21-22-23/h6-7,9-10,12-13,15-16,22H,2-5,8,11,14,17-21H2,1H3. The van der Waals surface area contributed by atoms with Crippen molar-refractivity contribution < 1.29 is 4.79 Å². The Morgan fingerprint density at radius 2 is 0.957 bits per heavy atom. The quantitative estimate of drug-likeness (QED) is 0.168. The Morgan fingerprint density at radius 1 is 0.522 bits per heavy atom. The smallest absolute Gasteiger partial charge is 0.119 e. The highest BCUT2D eigenvalue weighted by atomic mass is 16.1. The van der Waals surface area contributed by atoms with Crippen molar-refractivity contribution in [2.24, 2.45) is 0 Å². The van der Waals surface area contributed by atoms with E-state index in [1.165, 1.54) is 32.1 Å². The van der Waals surface area contributed by atoms with E-state index in [9.17, 15) is 4.79 Å². The monoisotopic (exact) mass is 316 g/mol. The Morgan fingerprint density at radius 3 is 1.43 bits per heavy atom. The molecule has 0 heterocycles. The molecule has 0 radical (unpaired) electrons. The number of unbranched alkanes of at least 4 members (excludes halogenated alkanes) is 7. The van der Waals surface area contributed by atoms with Crippen LogP contribution in [0, 0.1) is 0 Å². The van der Waals surface area contributed by atoms with E-state index in [-0.39, 0.29) is 0 Å². The molecule has 0 aliphatic rings. The van der Waals surface area contributed by atoms with E-state index >= 15 is 0 Å². The van der Waals surface area contributed by atoms with Gasteiger partial charge in [-0.15, -0.1) is 0 Å². The van der Waals surface area contributed by atoms with Gasteiger partial charge in [0.25, 0.3) is 0 Å². The molecular weight excluding hydrogens is 280 g/mol. The molecular formula is C22H36O. The van der Waals surface area contributed by atoms with Crippen LogP contribution in [-0.2, 0) is 4.79 Å². The van der Waals surface area contributed by atoms with Gasteiger partial charge in [0.1, 0.15) is 6.29 Å². The Kier molecular flexibility index (Phi) is 19.4. The Labute approximate surface area is 144 Å². The molecule has 1 nitrogen and oxygen atoms in total. The van der Waals surface area contributed by atoms with Gasteiger partial charge in [-0.3, -0.25) is 0 Å². The maximum Gasteiger partial charge on any atom is 0.119 e. The lowest BCUT2D eigenvalue weighted by Crippen LogP contribution is -1.77. The Balaban J connectivity index is 3.35. The van der Waals surface area contributed by atoms with Gasteiger partial charge in [-0.1, -0.05) is 74.8 Å². The van der Waals surface area contributed by atoms with Crippen LogP contribution < -0.4 is 0 Å². The van der Waals surface area contributed by atoms with Crippen molar-refractivity contribution >= 4 is 6.29 Å². The van der Waals surface area contributed by atoms with Crippen molar-refractivity contribution in [1.82, 2.24) is 0 Å². The SMILES string of the molecule is CCCCCC=CCC=CCC=CCC=CCCCCCC=O. The van der Waals surface area contributed by atoms with Gasteiger partial charge >= 0.3 is 0 Å². The summed E-state index contributed by atoms with van der Waals surface area (Å²) < 4.78 is 0. The summed E-state index contributed by atoms with van der Waals surface area (Å²) >= 11 is 0. The predicted octanol–water partition coefficient (Wildman–Crippen LogP) is 7.11. The lowest BCUT2D eigenvalue weighted by Gasteiger charge is -1.93. The average Bonchev–Trinajstić information content (AvgIpc) is 2.57. The van der Waals surface area contributed by atoms with Crippen molar-refractivity contribution in [2.45, 2.75) is 84.0 Å². The molecule has 0 N–H and O–H groups in total. The molecule has 0 rings (SSSR count). The molecule has 0 bridgehead atoms. The molecule has 1 heteroatoms. The normalized spacial score (nSPS) is 12.4. The maximum absolute atomic E-state index is 10.2. The second-order valence-electron chi connectivity index (χ2n) is 5.89. The average molecular weight is 317 g/mol. The fourth-order valence-corrected chi connectivity index (χ4v) is 2.23. The summed E-state index contributed by atoms with van der Waals surface area (Å²) in [5.41, 5.74) is 0. The summed E-state index contributed by atoms with van der Waals surface area (Å²) in [5, 5.41) is 0. The zero-order chi connectivity index (χ0) is 16.8. The van der Waals surface area contributed by atoms with E-state index in [4.69, 9.17) is 0 Å². The van der Waals surface area contributed by atoms with E-state index in [0.717, 1.165) is 44.8 Å². The molecule has 130 valence electrons. The van der Waals surface area contributed by atoms with Crippen LogP contribution in [0.4, 0.5) is 0 Å². The summed E-state index contributed by atoms with van der Waals surface area (Å²) in [4.78, 5) is 10.2. The van der Waals surface area contributed by atoms with Crippen LogP contribution in [0.3, 0.4) is 0 Å². The summed E-state index contributed by atoms with van der Waals surface area (Å²) in [6.07, 6.45) is 32.6. The lowest BCUT2D eigenvalue weighted by atomic mass is 10.1. The van der Waals surface area contributed by atoms with E-state index in [1.807, 2.05) is 0 Å². The van der Waals surface area contributed by atoms with E-state index in [1.54, 1.807) is 0 Å². The number of hydrogen-bond donors (Lipinski definition) is 0. The third kappa shape index (κ3) is 20.6. The molecule has 0 aromatic heterocycles. The first-order chi connectivity index (χ1) is 11.4. The van der Waals surface area contributed by atoms with Crippen LogP contribution in [0.1, 0.15) is 84.0 Å². The van der Waals surface area contributed by atoms with E-state index in [2.05, 4.69) is 55.5 Å². The van der Waals surface area contributed by atoms with E-state index < -0.39 is 0 Å². The lowest BCUT2D eigenvalue weighted by molar-refractivity contribution is -0.107. The molecule has 0 fully saturated rings. The van der Waals surface area contributed by atoms with Gasteiger partial charge in [-0.2, -0.15) is 0 Å². The highest BCUT2D eigenvalue weighted by Gasteiger charge is 1.86. The first kappa shape index (κ1) is 21.6. The minimum atomic E-state index is 0.717. The molecule has 0 spiro atoms. The molecule has 0 saturated heterocycles. The van der Waals surface area contributed by atoms with Crippen molar-refractivity contribution in [3.63, 3.8) is 0 Å². The fourth-order valence-electron chi connectivity index (χ4n) is 2.23. The minimum absolute atomic E-state index is 0.717. The summed E-state index contributed by atoms with van der Waals surface area (Å²) in [7, 11) is 0. The third-order valence-electron chi connectivity index (χ3n) is 3.65. The number of carbonyl (C=O) groups is 1. The molecule has 0 amide bonds. The first-order valence-electron chi connectivity index (χ1n) is 9.45. The fraction of sp³-hybridized carbons (Fsp3) is 0.591. The number of hydrogen-bond acceptors (Lipinski definition) is 1. The van der Waals surface area contributed by atoms with Gasteiger partial charge in [0.2, 0.25) is 0 Å². The molecule has 0 aliphatic heterocycles. The highest BCUT2D eigenvalue weighted by Crippen LogP contribution is 2.03. The van der Waals surface area contributed by atoms with Crippen LogP contribution in [0.2, 0.25) is 0 Å². The summed E-state index contributed by atoms with van der Waals surface area (Å²) in [6, 6.07) is 0. The zero-order valence-corrected chi connectivity index (χ0v) is 15.1. The second kappa shape index (κ2) is 20.6. The van der Waals surface area contributed by atoms with Crippen molar-refractivity contribution in [3.05, 3.63) is 48.6 Å². The maximum atomic E-state index is 10.2. The van der Waals surface area contributed by atoms with Crippen molar-refractivity contribution in [3.8, 4) is 0 Å². The largest absolute Gasteiger partial charge is 0.303 e. The summed E-state index contributed by atoms with van der Waals surface area (Å²) in [5.74, 6) is 0. The Hall–Kier alpha value is -1.37. The van der Waals surface area contributed by atoms with Gasteiger partial charge in [-0.05, 0) is 51.4 Å². The topological polar surface area (TPSA) is 17.1 Å². The van der Waals surface area contributed by atoms with Gasteiger partial charge in [0.15, 0.2) is 0 Å². The highest BCUT2D eigenvalue weighted by molar-refractivity contribution is 5.48. The van der Waals surface area contributed by atoms with Crippen molar-refractivity contribution in [2.75, 3.05) is 0 Å². The van der Waals surface area contributed by atoms with Gasteiger partial charge < -0.3 is 4.79 Å². The molecule has 0 saturated carbocycles. The minimum Gasteiger partial charge on any atom is -0.303 e. The summed E-state index contributed by atoms with van der Waals surface area (Å²) in [6.45, 7) is 2.24. The molecule has 0 aromatic carbocycles. The molecule has 0 aromatic rings.